The van der Waals surface area contributed by atoms with Gasteiger partial charge in [-0.2, -0.15) is 0 Å². The van der Waals surface area contributed by atoms with E-state index in [9.17, 15) is 9.18 Å². The van der Waals surface area contributed by atoms with Gasteiger partial charge in [0.25, 0.3) is 0 Å². The van der Waals surface area contributed by atoms with Gasteiger partial charge in [-0.3, -0.25) is 4.98 Å². The molecule has 0 amide bonds. The van der Waals surface area contributed by atoms with Gasteiger partial charge in [-0.1, -0.05) is 0 Å². The Kier molecular flexibility index (Phi) is 3.01. The van der Waals surface area contributed by atoms with E-state index in [1.807, 2.05) is 0 Å². The van der Waals surface area contributed by atoms with Gasteiger partial charge in [0, 0.05) is 6.07 Å². The van der Waals surface area contributed by atoms with Gasteiger partial charge in [0.1, 0.15) is 10.8 Å². The Labute approximate surface area is 100.0 Å². The van der Waals surface area contributed by atoms with Crippen LogP contribution in [-0.2, 0) is 0 Å². The van der Waals surface area contributed by atoms with E-state index in [-0.39, 0.29) is 5.69 Å². The maximum atomic E-state index is 12.9. The van der Waals surface area contributed by atoms with Gasteiger partial charge < -0.3 is 10.4 Å². The van der Waals surface area contributed by atoms with Gasteiger partial charge in [-0.25, -0.2) is 14.2 Å². The number of rotatable bonds is 3. The monoisotopic (exact) mass is 253 g/mol. The first-order valence-electron chi connectivity index (χ1n) is 4.64. The number of nitrogens with one attached hydrogen (secondary N) is 1. The molecule has 88 valence electrons. The minimum atomic E-state index is -1.12. The summed E-state index contributed by atoms with van der Waals surface area (Å²) < 4.78 is 12.9. The molecule has 0 aromatic carbocycles. The van der Waals surface area contributed by atoms with Crippen LogP contribution in [0.3, 0.4) is 0 Å². The number of aryl methyl sites for hydroxylation is 1. The van der Waals surface area contributed by atoms with Crippen LogP contribution in [0.15, 0.2) is 18.5 Å². The van der Waals surface area contributed by atoms with Crippen molar-refractivity contribution in [1.82, 2.24) is 9.97 Å². The molecule has 7 heteroatoms. The first-order chi connectivity index (χ1) is 8.06. The molecule has 0 unspecified atom stereocenters. The molecule has 2 N–H and O–H groups in total. The van der Waals surface area contributed by atoms with Crippen molar-refractivity contribution in [2.24, 2.45) is 0 Å². The first-order valence-corrected chi connectivity index (χ1v) is 5.46. The lowest BCUT2D eigenvalue weighted by Gasteiger charge is -2.03. The molecular formula is C10H8FN3O2S. The Bertz CT molecular complexity index is 570. The second-order valence-corrected chi connectivity index (χ2v) is 4.44. The van der Waals surface area contributed by atoms with E-state index in [2.05, 4.69) is 15.3 Å². The quantitative estimate of drug-likeness (QED) is 0.878. The maximum absolute atomic E-state index is 12.9. The third kappa shape index (κ3) is 2.56. The summed E-state index contributed by atoms with van der Waals surface area (Å²) in [5.74, 6) is -1.62. The van der Waals surface area contributed by atoms with Gasteiger partial charge in [0.15, 0.2) is 5.69 Å². The zero-order valence-electron chi connectivity index (χ0n) is 8.77. The fraction of sp³-hybridized carbons (Fsp3) is 0.100. The van der Waals surface area contributed by atoms with Crippen molar-refractivity contribution < 1.29 is 14.3 Å². The molecule has 2 aromatic heterocycles. The summed E-state index contributed by atoms with van der Waals surface area (Å²) in [5.41, 5.74) is 0.313. The molecule has 0 aliphatic rings. The van der Waals surface area contributed by atoms with Gasteiger partial charge in [-0.05, 0) is 6.92 Å². The van der Waals surface area contributed by atoms with Crippen LogP contribution in [0.5, 0.6) is 0 Å². The van der Waals surface area contributed by atoms with Crippen molar-refractivity contribution in [3.63, 3.8) is 0 Å². The SMILES string of the molecule is Cc1nc(C(=O)O)c(Nc2cncc(F)c2)s1. The van der Waals surface area contributed by atoms with Crippen molar-refractivity contribution in [3.8, 4) is 0 Å². The summed E-state index contributed by atoms with van der Waals surface area (Å²) in [4.78, 5) is 18.4. The normalized spacial score (nSPS) is 10.2. The lowest BCUT2D eigenvalue weighted by Crippen LogP contribution is -2.01. The second-order valence-electron chi connectivity index (χ2n) is 3.23. The predicted octanol–water partition coefficient (Wildman–Crippen LogP) is 2.43. The Morgan fingerprint density at radius 1 is 1.53 bits per heavy atom. The number of halogens is 1. The van der Waals surface area contributed by atoms with Crippen molar-refractivity contribution in [3.05, 3.63) is 35.0 Å². The van der Waals surface area contributed by atoms with Crippen molar-refractivity contribution in [1.29, 1.82) is 0 Å². The Hall–Kier alpha value is -2.02. The Morgan fingerprint density at radius 2 is 2.29 bits per heavy atom. The third-order valence-corrected chi connectivity index (χ3v) is 2.79. The largest absolute Gasteiger partial charge is 0.476 e. The summed E-state index contributed by atoms with van der Waals surface area (Å²) in [6.45, 7) is 1.70. The molecule has 5 nitrogen and oxygen atoms in total. The molecule has 0 spiro atoms. The van der Waals surface area contributed by atoms with Gasteiger partial charge >= 0.3 is 5.97 Å². The fourth-order valence-corrected chi connectivity index (χ4v) is 2.10. The minimum Gasteiger partial charge on any atom is -0.476 e. The molecule has 2 rings (SSSR count). The molecule has 2 heterocycles. The number of carboxylic acids is 1. The van der Waals surface area contributed by atoms with Crippen LogP contribution in [0, 0.1) is 12.7 Å². The Morgan fingerprint density at radius 3 is 2.94 bits per heavy atom. The van der Waals surface area contributed by atoms with Crippen LogP contribution in [0.25, 0.3) is 0 Å². The zero-order valence-corrected chi connectivity index (χ0v) is 9.58. The van der Waals surface area contributed by atoms with E-state index >= 15 is 0 Å². The van der Waals surface area contributed by atoms with E-state index < -0.39 is 11.8 Å². The van der Waals surface area contributed by atoms with Crippen molar-refractivity contribution in [2.75, 3.05) is 5.32 Å². The number of carbonyl (C=O) groups is 1. The molecule has 0 aliphatic heterocycles. The van der Waals surface area contributed by atoms with E-state index in [0.29, 0.717) is 15.7 Å². The second kappa shape index (κ2) is 4.46. The summed E-state index contributed by atoms with van der Waals surface area (Å²) in [6, 6.07) is 1.23. The highest BCUT2D eigenvalue weighted by molar-refractivity contribution is 7.16. The van der Waals surface area contributed by atoms with Gasteiger partial charge in [0.05, 0.1) is 23.1 Å². The predicted molar refractivity (Wildman–Crippen MR) is 61.3 cm³/mol. The summed E-state index contributed by atoms with van der Waals surface area (Å²) in [7, 11) is 0. The van der Waals surface area contributed by atoms with Gasteiger partial charge in [-0.15, -0.1) is 11.3 Å². The number of pyridine rings is 1. The highest BCUT2D eigenvalue weighted by Crippen LogP contribution is 2.27. The lowest BCUT2D eigenvalue weighted by atomic mass is 10.4. The number of hydrogen-bond donors (Lipinski definition) is 2. The van der Waals surface area contributed by atoms with Crippen molar-refractivity contribution in [2.45, 2.75) is 6.92 Å². The van der Waals surface area contributed by atoms with Crippen LogP contribution >= 0.6 is 11.3 Å². The highest BCUT2D eigenvalue weighted by atomic mass is 32.1. The van der Waals surface area contributed by atoms with Gasteiger partial charge in [0.2, 0.25) is 0 Å². The smallest absolute Gasteiger partial charge is 0.357 e. The summed E-state index contributed by atoms with van der Waals surface area (Å²) in [6.07, 6.45) is 2.48. The van der Waals surface area contributed by atoms with Crippen LogP contribution in [0.4, 0.5) is 15.1 Å². The van der Waals surface area contributed by atoms with E-state index in [1.54, 1.807) is 6.92 Å². The third-order valence-electron chi connectivity index (χ3n) is 1.90. The summed E-state index contributed by atoms with van der Waals surface area (Å²) in [5, 5.41) is 12.7. The maximum Gasteiger partial charge on any atom is 0.357 e. The van der Waals surface area contributed by atoms with Crippen LogP contribution in [0.2, 0.25) is 0 Å². The average molecular weight is 253 g/mol. The van der Waals surface area contributed by atoms with E-state index in [0.717, 1.165) is 6.20 Å². The highest BCUT2D eigenvalue weighted by Gasteiger charge is 2.16. The molecule has 0 atom stereocenters. The zero-order chi connectivity index (χ0) is 12.4. The number of thiazole rings is 1. The number of aromatic carboxylic acids is 1. The number of hydrogen-bond acceptors (Lipinski definition) is 5. The molecule has 2 aromatic rings. The summed E-state index contributed by atoms with van der Waals surface area (Å²) >= 11 is 1.19. The molecule has 0 fully saturated rings. The number of carboxylic acid groups (broad SMARTS) is 1. The van der Waals surface area contributed by atoms with Crippen LogP contribution in [0.1, 0.15) is 15.5 Å². The topological polar surface area (TPSA) is 75.1 Å². The molecule has 0 saturated carbocycles. The first kappa shape index (κ1) is 11.5. The minimum absolute atomic E-state index is 0.0724. The molecular weight excluding hydrogens is 245 g/mol. The standard InChI is InChI=1S/C10H8FN3O2S/c1-5-13-8(10(15)16)9(17-5)14-7-2-6(11)3-12-4-7/h2-4,14H,1H3,(H,15,16). The lowest BCUT2D eigenvalue weighted by molar-refractivity contribution is 0.0692. The molecule has 17 heavy (non-hydrogen) atoms. The van der Waals surface area contributed by atoms with E-state index in [4.69, 9.17) is 5.11 Å². The van der Waals surface area contributed by atoms with E-state index in [1.165, 1.54) is 23.6 Å². The van der Waals surface area contributed by atoms with Crippen LogP contribution < -0.4 is 5.32 Å². The Balaban J connectivity index is 2.32. The molecule has 0 aliphatic carbocycles. The number of aromatic nitrogens is 2. The fourth-order valence-electron chi connectivity index (χ4n) is 1.27. The average Bonchev–Trinajstić information content (AvgIpc) is 2.59. The molecule has 0 saturated heterocycles. The molecule has 0 bridgehead atoms. The van der Waals surface area contributed by atoms with Crippen LogP contribution in [-0.4, -0.2) is 21.0 Å². The number of anilines is 2. The van der Waals surface area contributed by atoms with Crippen molar-refractivity contribution >= 4 is 28.0 Å². The number of nitrogens with zero attached hydrogens (tertiary/aromatic N) is 2. The molecule has 0 radical (unpaired) electrons.